The van der Waals surface area contributed by atoms with Gasteiger partial charge in [0.1, 0.15) is 0 Å². The fourth-order valence-corrected chi connectivity index (χ4v) is 0.802. The molecule has 46 valence electrons. The zero-order chi connectivity index (χ0) is 5.98. The van der Waals surface area contributed by atoms with Crippen molar-refractivity contribution < 1.29 is 4.74 Å². The summed E-state index contributed by atoms with van der Waals surface area (Å²) in [5.74, 6) is 0. The Hall–Kier alpha value is -0.370. The van der Waals surface area contributed by atoms with Gasteiger partial charge in [-0.3, -0.25) is 4.99 Å². The van der Waals surface area contributed by atoms with E-state index < -0.39 is 0 Å². The Balaban J connectivity index is 2.42. The van der Waals surface area contributed by atoms with Crippen LogP contribution in [-0.2, 0) is 4.74 Å². The van der Waals surface area contributed by atoms with Crippen LogP contribution in [-0.4, -0.2) is 25.0 Å². The van der Waals surface area contributed by atoms with Gasteiger partial charge < -0.3 is 4.74 Å². The molecule has 0 aromatic carbocycles. The van der Waals surface area contributed by atoms with Gasteiger partial charge in [-0.25, -0.2) is 0 Å². The van der Waals surface area contributed by atoms with Crippen molar-refractivity contribution in [1.82, 2.24) is 0 Å². The molecule has 0 saturated carbocycles. The van der Waals surface area contributed by atoms with Crippen LogP contribution < -0.4 is 0 Å². The Morgan fingerprint density at radius 1 is 1.62 bits per heavy atom. The van der Waals surface area contributed by atoms with Gasteiger partial charge >= 0.3 is 0 Å². The second kappa shape index (κ2) is 2.27. The van der Waals surface area contributed by atoms with E-state index >= 15 is 0 Å². The van der Waals surface area contributed by atoms with Crippen molar-refractivity contribution in [3.63, 3.8) is 0 Å². The minimum Gasteiger partial charge on any atom is -0.368 e. The summed E-state index contributed by atoms with van der Waals surface area (Å²) in [6, 6.07) is 0. The van der Waals surface area contributed by atoms with Crippen LogP contribution in [0.25, 0.3) is 0 Å². The van der Waals surface area contributed by atoms with Crippen LogP contribution in [0.5, 0.6) is 0 Å². The van der Waals surface area contributed by atoms with Gasteiger partial charge in [-0.15, -0.1) is 0 Å². The van der Waals surface area contributed by atoms with Crippen LogP contribution in [0, 0.1) is 0 Å². The van der Waals surface area contributed by atoms with Crippen molar-refractivity contribution in [3.05, 3.63) is 0 Å². The summed E-state index contributed by atoms with van der Waals surface area (Å²) in [6.07, 6.45) is 2.38. The summed E-state index contributed by atoms with van der Waals surface area (Å²) in [5.41, 5.74) is 0. The first-order valence-electron chi connectivity index (χ1n) is 2.94. The van der Waals surface area contributed by atoms with E-state index in [9.17, 15) is 0 Å². The van der Waals surface area contributed by atoms with Crippen molar-refractivity contribution >= 4 is 6.21 Å². The van der Waals surface area contributed by atoms with E-state index in [2.05, 4.69) is 4.99 Å². The van der Waals surface area contributed by atoms with Crippen LogP contribution >= 0.6 is 0 Å². The molecule has 0 aromatic heterocycles. The molecule has 0 saturated heterocycles. The lowest BCUT2D eigenvalue weighted by Gasteiger charge is -2.18. The summed E-state index contributed by atoms with van der Waals surface area (Å²) < 4.78 is 5.34. The van der Waals surface area contributed by atoms with E-state index in [4.69, 9.17) is 4.74 Å². The lowest BCUT2D eigenvalue weighted by atomic mass is 10.3. The molecule has 0 unspecified atom stereocenters. The van der Waals surface area contributed by atoms with E-state index in [1.165, 1.54) is 0 Å². The highest BCUT2D eigenvalue weighted by molar-refractivity contribution is 5.63. The molecule has 0 bridgehead atoms. The molecule has 2 heteroatoms. The number of hydrogen-bond acceptors (Lipinski definition) is 2. The highest BCUT2D eigenvalue weighted by atomic mass is 16.5. The molecule has 1 aliphatic rings. The topological polar surface area (TPSA) is 21.6 Å². The maximum absolute atomic E-state index is 5.34. The maximum Gasteiger partial charge on any atom is 0.0898 e. The lowest BCUT2D eigenvalue weighted by molar-refractivity contribution is 0.0446. The van der Waals surface area contributed by atoms with Gasteiger partial charge in [-0.05, 0) is 13.8 Å². The quantitative estimate of drug-likeness (QED) is 0.456. The molecule has 0 fully saturated rings. The molecule has 0 N–H and O–H groups in total. The van der Waals surface area contributed by atoms with Crippen molar-refractivity contribution in [1.29, 1.82) is 0 Å². The monoisotopic (exact) mass is 113 g/mol. The molecule has 1 heterocycles. The summed E-state index contributed by atoms with van der Waals surface area (Å²) in [5, 5.41) is 0. The normalized spacial score (nSPS) is 37.8. The maximum atomic E-state index is 5.34. The third kappa shape index (κ3) is 1.30. The fourth-order valence-electron chi connectivity index (χ4n) is 0.802. The molecule has 0 aliphatic carbocycles. The molecule has 2 atom stereocenters. The Morgan fingerprint density at radius 3 is 2.75 bits per heavy atom. The second-order valence-electron chi connectivity index (χ2n) is 2.17. The number of rotatable bonds is 0. The third-order valence-electron chi connectivity index (χ3n) is 1.12. The summed E-state index contributed by atoms with van der Waals surface area (Å²) in [6.45, 7) is 4.86. The first-order chi connectivity index (χ1) is 3.79. The highest BCUT2D eigenvalue weighted by Gasteiger charge is 2.08. The van der Waals surface area contributed by atoms with Crippen molar-refractivity contribution in [2.45, 2.75) is 26.1 Å². The van der Waals surface area contributed by atoms with Crippen molar-refractivity contribution in [2.24, 2.45) is 4.99 Å². The fraction of sp³-hybridized carbons (Fsp3) is 0.833. The van der Waals surface area contributed by atoms with Gasteiger partial charge in [-0.2, -0.15) is 0 Å². The number of ether oxygens (including phenoxy) is 1. The van der Waals surface area contributed by atoms with Crippen LogP contribution in [0.3, 0.4) is 0 Å². The zero-order valence-corrected chi connectivity index (χ0v) is 5.29. The first kappa shape index (κ1) is 5.76. The molecule has 0 amide bonds. The van der Waals surface area contributed by atoms with Gasteiger partial charge in [0.2, 0.25) is 0 Å². The molecular formula is C6H11NO. The zero-order valence-electron chi connectivity index (χ0n) is 5.29. The molecule has 0 aromatic rings. The summed E-state index contributed by atoms with van der Waals surface area (Å²) in [4.78, 5) is 4.09. The largest absolute Gasteiger partial charge is 0.368 e. The Morgan fingerprint density at radius 2 is 2.38 bits per heavy atom. The molecule has 2 nitrogen and oxygen atoms in total. The second-order valence-corrected chi connectivity index (χ2v) is 2.17. The average molecular weight is 113 g/mol. The molecule has 0 spiro atoms. The van der Waals surface area contributed by atoms with Gasteiger partial charge in [-0.1, -0.05) is 0 Å². The van der Waals surface area contributed by atoms with Crippen LogP contribution in [0.1, 0.15) is 13.8 Å². The van der Waals surface area contributed by atoms with Gasteiger partial charge in [0.15, 0.2) is 0 Å². The number of aliphatic imine (C=N–C) groups is 1. The predicted octanol–water partition coefficient (Wildman–Crippen LogP) is 0.864. The van der Waals surface area contributed by atoms with E-state index in [1.807, 2.05) is 20.1 Å². The molecule has 0 radical (unpaired) electrons. The van der Waals surface area contributed by atoms with Crippen LogP contribution in [0.15, 0.2) is 4.99 Å². The molecule has 1 aliphatic heterocycles. The lowest BCUT2D eigenvalue weighted by Crippen LogP contribution is -2.25. The summed E-state index contributed by atoms with van der Waals surface area (Å²) in [7, 11) is 0. The Labute approximate surface area is 49.6 Å². The standard InChI is InChI=1S/C6H11NO/c1-5-3-7-4-6(2)8-5/h3,5-6H,4H2,1-2H3/t5-,6-/m0/s1. The Kier molecular flexibility index (Phi) is 1.63. The van der Waals surface area contributed by atoms with E-state index in [0.29, 0.717) is 6.10 Å². The van der Waals surface area contributed by atoms with E-state index in [0.717, 1.165) is 6.54 Å². The number of nitrogens with zero attached hydrogens (tertiary/aromatic N) is 1. The average Bonchev–Trinajstić information content (AvgIpc) is 1.64. The summed E-state index contributed by atoms with van der Waals surface area (Å²) >= 11 is 0. The van der Waals surface area contributed by atoms with Crippen LogP contribution in [0.4, 0.5) is 0 Å². The van der Waals surface area contributed by atoms with Crippen LogP contribution in [0.2, 0.25) is 0 Å². The Bertz CT molecular complexity index is 101. The third-order valence-corrected chi connectivity index (χ3v) is 1.12. The minimum atomic E-state index is 0.221. The molecule has 8 heavy (non-hydrogen) atoms. The minimum absolute atomic E-state index is 0.221. The molecular weight excluding hydrogens is 102 g/mol. The SMILES string of the molecule is C[C@H]1C=NC[C@H](C)O1. The van der Waals surface area contributed by atoms with Crippen molar-refractivity contribution in [2.75, 3.05) is 6.54 Å². The van der Waals surface area contributed by atoms with E-state index in [-0.39, 0.29) is 6.10 Å². The smallest absolute Gasteiger partial charge is 0.0898 e. The predicted molar refractivity (Wildman–Crippen MR) is 33.4 cm³/mol. The van der Waals surface area contributed by atoms with Gasteiger partial charge in [0.05, 0.1) is 18.8 Å². The van der Waals surface area contributed by atoms with E-state index in [1.54, 1.807) is 0 Å². The van der Waals surface area contributed by atoms with Gasteiger partial charge in [0.25, 0.3) is 0 Å². The highest BCUT2D eigenvalue weighted by Crippen LogP contribution is 2.01. The molecule has 1 rings (SSSR count). The van der Waals surface area contributed by atoms with Gasteiger partial charge in [0, 0.05) is 6.21 Å². The number of hydrogen-bond donors (Lipinski definition) is 0. The first-order valence-corrected chi connectivity index (χ1v) is 2.94. The van der Waals surface area contributed by atoms with Crippen molar-refractivity contribution in [3.8, 4) is 0 Å².